The predicted molar refractivity (Wildman–Crippen MR) is 76.6 cm³/mol. The smallest absolute Gasteiger partial charge is 0.233 e. The summed E-state index contributed by atoms with van der Waals surface area (Å²) in [6.45, 7) is 0.895. The van der Waals surface area contributed by atoms with E-state index in [1.54, 1.807) is 0 Å². The molecule has 1 heterocycles. The van der Waals surface area contributed by atoms with E-state index in [9.17, 15) is 0 Å². The Bertz CT molecular complexity index is 654. The first-order valence-electron chi connectivity index (χ1n) is 6.49. The zero-order chi connectivity index (χ0) is 13.1. The molecule has 2 aromatic carbocycles. The number of aryl methyl sites for hydroxylation is 1. The minimum absolute atomic E-state index is 0.895. The van der Waals surface area contributed by atoms with Crippen molar-refractivity contribution in [2.24, 2.45) is 7.05 Å². The predicted octanol–water partition coefficient (Wildman–Crippen LogP) is 3.03. The summed E-state index contributed by atoms with van der Waals surface area (Å²) in [6.07, 6.45) is 4.24. The van der Waals surface area contributed by atoms with Gasteiger partial charge in [0.15, 0.2) is 0 Å². The second-order valence-electron chi connectivity index (χ2n) is 4.71. The molecule has 0 radical (unpaired) electrons. The molecule has 0 spiro atoms. The first-order chi connectivity index (χ1) is 9.34. The highest BCUT2D eigenvalue weighted by atomic mass is 15.1. The second kappa shape index (κ2) is 5.11. The molecule has 2 heteroatoms. The zero-order valence-electron chi connectivity index (χ0n) is 11.0. The van der Waals surface area contributed by atoms with Crippen LogP contribution in [0, 0.1) is 0 Å². The summed E-state index contributed by atoms with van der Waals surface area (Å²) in [5.41, 5.74) is 2.56. The molecule has 0 unspecified atom stereocenters. The van der Waals surface area contributed by atoms with E-state index in [2.05, 4.69) is 83.2 Å². The van der Waals surface area contributed by atoms with Crippen LogP contribution >= 0.6 is 0 Å². The Labute approximate surface area is 113 Å². The van der Waals surface area contributed by atoms with E-state index in [4.69, 9.17) is 0 Å². The summed E-state index contributed by atoms with van der Waals surface area (Å²) in [5.74, 6) is 1.23. The normalized spacial score (nSPS) is 10.6. The van der Waals surface area contributed by atoms with E-state index in [0.717, 1.165) is 6.54 Å². The third-order valence-corrected chi connectivity index (χ3v) is 3.30. The van der Waals surface area contributed by atoms with Gasteiger partial charge in [-0.1, -0.05) is 48.5 Å². The van der Waals surface area contributed by atoms with Crippen molar-refractivity contribution >= 4 is 0 Å². The molecule has 0 saturated carbocycles. The summed E-state index contributed by atoms with van der Waals surface area (Å²) in [5, 5.41) is 0. The van der Waals surface area contributed by atoms with Gasteiger partial charge < -0.3 is 0 Å². The fourth-order valence-electron chi connectivity index (χ4n) is 2.39. The molecule has 0 aliphatic rings. The number of rotatable bonds is 3. The molecule has 94 valence electrons. The van der Waals surface area contributed by atoms with Crippen LogP contribution in [0.1, 0.15) is 5.56 Å². The molecule has 0 aliphatic carbocycles. The van der Waals surface area contributed by atoms with Crippen molar-refractivity contribution in [1.82, 2.24) is 4.57 Å². The minimum Gasteiger partial charge on any atom is -0.233 e. The van der Waals surface area contributed by atoms with E-state index in [0.29, 0.717) is 0 Å². The average molecular weight is 249 g/mol. The minimum atomic E-state index is 0.895. The molecule has 19 heavy (non-hydrogen) atoms. The lowest BCUT2D eigenvalue weighted by molar-refractivity contribution is -0.659. The Morgan fingerprint density at radius 3 is 2.21 bits per heavy atom. The topological polar surface area (TPSA) is 8.81 Å². The Kier molecular flexibility index (Phi) is 3.15. The average Bonchev–Trinajstić information content (AvgIpc) is 2.82. The van der Waals surface area contributed by atoms with Crippen LogP contribution in [-0.2, 0) is 13.6 Å². The summed E-state index contributed by atoms with van der Waals surface area (Å²) in [6, 6.07) is 21.1. The lowest BCUT2D eigenvalue weighted by Gasteiger charge is -2.03. The van der Waals surface area contributed by atoms with Crippen LogP contribution in [0.4, 0.5) is 0 Å². The molecule has 0 amide bonds. The van der Waals surface area contributed by atoms with Crippen LogP contribution in [0.25, 0.3) is 11.4 Å². The van der Waals surface area contributed by atoms with Crippen LogP contribution in [0.15, 0.2) is 73.1 Å². The fraction of sp³-hybridized carbons (Fsp3) is 0.118. The fourth-order valence-corrected chi connectivity index (χ4v) is 2.39. The molecule has 0 atom stereocenters. The van der Waals surface area contributed by atoms with Crippen molar-refractivity contribution in [2.75, 3.05) is 0 Å². The number of aromatic nitrogens is 2. The Morgan fingerprint density at radius 2 is 1.53 bits per heavy atom. The van der Waals surface area contributed by atoms with Crippen LogP contribution < -0.4 is 4.57 Å². The number of imidazole rings is 1. The van der Waals surface area contributed by atoms with Crippen molar-refractivity contribution in [3.05, 3.63) is 78.6 Å². The molecule has 2 nitrogen and oxygen atoms in total. The standard InChI is InChI=1S/C17H17N2/c1-18-12-13-19(14-15-8-4-2-5-9-15)17(18)16-10-6-3-7-11-16/h2-13H,14H2,1H3/q+1. The third-order valence-electron chi connectivity index (χ3n) is 3.30. The van der Waals surface area contributed by atoms with Gasteiger partial charge in [0.25, 0.3) is 5.82 Å². The van der Waals surface area contributed by atoms with E-state index in [1.807, 2.05) is 6.07 Å². The SMILES string of the molecule is C[n+]1ccn(Cc2ccccc2)c1-c1ccccc1. The van der Waals surface area contributed by atoms with Crippen LogP contribution in [0.3, 0.4) is 0 Å². The highest BCUT2D eigenvalue weighted by Gasteiger charge is 2.16. The molecular weight excluding hydrogens is 232 g/mol. The van der Waals surface area contributed by atoms with Crippen molar-refractivity contribution in [1.29, 1.82) is 0 Å². The molecule has 1 aromatic heterocycles. The quantitative estimate of drug-likeness (QED) is 0.631. The molecule has 0 N–H and O–H groups in total. The van der Waals surface area contributed by atoms with Gasteiger partial charge in [-0.05, 0) is 17.7 Å². The maximum atomic E-state index is 2.28. The number of benzene rings is 2. The highest BCUT2D eigenvalue weighted by Crippen LogP contribution is 2.16. The largest absolute Gasteiger partial charge is 0.288 e. The monoisotopic (exact) mass is 249 g/mol. The van der Waals surface area contributed by atoms with Crippen molar-refractivity contribution in [3.8, 4) is 11.4 Å². The van der Waals surface area contributed by atoms with Crippen LogP contribution in [0.2, 0.25) is 0 Å². The maximum absolute atomic E-state index is 2.28. The van der Waals surface area contributed by atoms with Gasteiger partial charge in [-0.3, -0.25) is 0 Å². The van der Waals surface area contributed by atoms with Crippen molar-refractivity contribution in [2.45, 2.75) is 6.54 Å². The second-order valence-corrected chi connectivity index (χ2v) is 4.71. The van der Waals surface area contributed by atoms with Crippen molar-refractivity contribution in [3.63, 3.8) is 0 Å². The zero-order valence-corrected chi connectivity index (χ0v) is 11.0. The summed E-state index contributed by atoms with van der Waals surface area (Å²) in [7, 11) is 2.09. The van der Waals surface area contributed by atoms with Gasteiger partial charge in [0.1, 0.15) is 18.9 Å². The third kappa shape index (κ3) is 2.43. The highest BCUT2D eigenvalue weighted by molar-refractivity contribution is 5.52. The lowest BCUT2D eigenvalue weighted by atomic mass is 10.2. The van der Waals surface area contributed by atoms with Gasteiger partial charge in [-0.15, -0.1) is 0 Å². The molecule has 3 aromatic rings. The van der Waals surface area contributed by atoms with Gasteiger partial charge >= 0.3 is 0 Å². The molecule has 0 fully saturated rings. The number of hydrogen-bond acceptors (Lipinski definition) is 0. The van der Waals surface area contributed by atoms with E-state index >= 15 is 0 Å². The summed E-state index contributed by atoms with van der Waals surface area (Å²) >= 11 is 0. The van der Waals surface area contributed by atoms with E-state index in [-0.39, 0.29) is 0 Å². The molecule has 0 bridgehead atoms. The number of hydrogen-bond donors (Lipinski definition) is 0. The van der Waals surface area contributed by atoms with Crippen molar-refractivity contribution < 1.29 is 4.57 Å². The molecular formula is C17H17N2+. The van der Waals surface area contributed by atoms with Gasteiger partial charge in [-0.2, -0.15) is 0 Å². The van der Waals surface area contributed by atoms with Gasteiger partial charge in [-0.25, -0.2) is 9.13 Å². The summed E-state index contributed by atoms with van der Waals surface area (Å²) in [4.78, 5) is 0. The molecule has 0 saturated heterocycles. The molecule has 0 aliphatic heterocycles. The molecule has 3 rings (SSSR count). The Balaban J connectivity index is 2.00. The first-order valence-corrected chi connectivity index (χ1v) is 6.49. The Hall–Kier alpha value is -2.35. The van der Waals surface area contributed by atoms with Crippen LogP contribution in [0.5, 0.6) is 0 Å². The van der Waals surface area contributed by atoms with E-state index < -0.39 is 0 Å². The Morgan fingerprint density at radius 1 is 0.895 bits per heavy atom. The van der Waals surface area contributed by atoms with Gasteiger partial charge in [0.2, 0.25) is 0 Å². The lowest BCUT2D eigenvalue weighted by Crippen LogP contribution is -2.29. The maximum Gasteiger partial charge on any atom is 0.288 e. The first kappa shape index (κ1) is 11.7. The van der Waals surface area contributed by atoms with Gasteiger partial charge in [0.05, 0.1) is 12.6 Å². The van der Waals surface area contributed by atoms with E-state index in [1.165, 1.54) is 17.0 Å². The van der Waals surface area contributed by atoms with Crippen LogP contribution in [-0.4, -0.2) is 4.57 Å². The van der Waals surface area contributed by atoms with Gasteiger partial charge in [0, 0.05) is 0 Å². The summed E-state index contributed by atoms with van der Waals surface area (Å²) < 4.78 is 4.45. The number of nitrogens with zero attached hydrogens (tertiary/aromatic N) is 2.